The Labute approximate surface area is 184 Å². The zero-order valence-corrected chi connectivity index (χ0v) is 18.7. The van der Waals surface area contributed by atoms with Gasteiger partial charge in [0.1, 0.15) is 5.82 Å². The zero-order valence-electron chi connectivity index (χ0n) is 18.7. The fraction of sp³-hybridized carbons (Fsp3) is 0.458. The van der Waals surface area contributed by atoms with Crippen LogP contribution in [0.5, 0.6) is 5.75 Å². The zero-order chi connectivity index (χ0) is 22.5. The van der Waals surface area contributed by atoms with Crippen LogP contribution in [0, 0.1) is 11.6 Å². The van der Waals surface area contributed by atoms with Crippen molar-refractivity contribution in [2.75, 3.05) is 50.6 Å². The topological polar surface area (TPSA) is 36.0 Å². The summed E-state index contributed by atoms with van der Waals surface area (Å²) in [5.41, 5.74) is 1.13. The number of unbranched alkanes of at least 4 members (excludes halogenated alkanes) is 1. The van der Waals surface area contributed by atoms with Crippen molar-refractivity contribution in [3.05, 3.63) is 53.6 Å². The molecule has 1 amide bonds. The summed E-state index contributed by atoms with van der Waals surface area (Å²) < 4.78 is 34.6. The van der Waals surface area contributed by atoms with Crippen molar-refractivity contribution in [1.29, 1.82) is 0 Å². The van der Waals surface area contributed by atoms with Crippen molar-refractivity contribution in [2.24, 2.45) is 0 Å². The van der Waals surface area contributed by atoms with Gasteiger partial charge in [-0.15, -0.1) is 0 Å². The normalized spacial score (nSPS) is 16.1. The minimum Gasteiger partial charge on any atom is -0.491 e. The van der Waals surface area contributed by atoms with Crippen LogP contribution in [0.15, 0.2) is 36.4 Å². The molecule has 0 spiro atoms. The molecule has 1 fully saturated rings. The Hall–Kier alpha value is -2.67. The average molecular weight is 434 g/mol. The van der Waals surface area contributed by atoms with Crippen molar-refractivity contribution in [1.82, 2.24) is 4.90 Å². The number of nitrogens with zero attached hydrogens (tertiary/aromatic N) is 3. The number of benzene rings is 2. The number of anilines is 2. The summed E-state index contributed by atoms with van der Waals surface area (Å²) in [6.45, 7) is 4.01. The van der Waals surface area contributed by atoms with Crippen LogP contribution in [-0.2, 0) is 0 Å². The van der Waals surface area contributed by atoms with E-state index in [9.17, 15) is 13.6 Å². The number of carbonyl (C=O) groups excluding carboxylic acids is 1. The molecule has 1 unspecified atom stereocenters. The third-order valence-corrected chi connectivity index (χ3v) is 5.79. The highest BCUT2D eigenvalue weighted by atomic mass is 19.1. The number of hydrogen-bond acceptors (Lipinski definition) is 4. The van der Waals surface area contributed by atoms with Crippen LogP contribution in [0.1, 0.15) is 38.0 Å². The lowest BCUT2D eigenvalue weighted by Gasteiger charge is -2.24. The first-order chi connectivity index (χ1) is 14.8. The first-order valence-corrected chi connectivity index (χ1v) is 10.7. The Kier molecular flexibility index (Phi) is 7.49. The van der Waals surface area contributed by atoms with Crippen molar-refractivity contribution in [3.8, 4) is 5.75 Å². The molecule has 1 heterocycles. The number of amides is 1. The standard InChI is InChI=1S/C24H31F2N3O2.H2/c1-5-6-13-31-23-10-7-17(14-21(23)26)24(30)28(4)18-8-9-22(20(25)15-18)29-12-11-19(16-29)27(2)3;/h7-10,14-15,19H,5-6,11-13,16H2,1-4H3;1H. The van der Waals surface area contributed by atoms with Crippen LogP contribution in [-0.4, -0.2) is 57.7 Å². The molecule has 3 rings (SSSR count). The second-order valence-corrected chi connectivity index (χ2v) is 8.20. The second-order valence-electron chi connectivity index (χ2n) is 8.20. The molecule has 0 N–H and O–H groups in total. The molecule has 170 valence electrons. The van der Waals surface area contributed by atoms with Gasteiger partial charge in [0.2, 0.25) is 0 Å². The summed E-state index contributed by atoms with van der Waals surface area (Å²) >= 11 is 0. The van der Waals surface area contributed by atoms with E-state index in [4.69, 9.17) is 4.74 Å². The lowest BCUT2D eigenvalue weighted by atomic mass is 10.1. The van der Waals surface area contributed by atoms with Crippen LogP contribution in [0.2, 0.25) is 0 Å². The molecular weight excluding hydrogens is 400 g/mol. The molecule has 0 bridgehead atoms. The summed E-state index contributed by atoms with van der Waals surface area (Å²) in [6, 6.07) is 9.33. The quantitative estimate of drug-likeness (QED) is 0.560. The van der Waals surface area contributed by atoms with Crippen LogP contribution < -0.4 is 14.5 Å². The maximum absolute atomic E-state index is 14.9. The number of ether oxygens (including phenoxy) is 1. The van der Waals surface area contributed by atoms with Crippen molar-refractivity contribution in [3.63, 3.8) is 0 Å². The van der Waals surface area contributed by atoms with Gasteiger partial charge < -0.3 is 19.4 Å². The number of halogens is 2. The maximum atomic E-state index is 14.9. The Morgan fingerprint density at radius 3 is 2.55 bits per heavy atom. The van der Waals surface area contributed by atoms with E-state index in [1.807, 2.05) is 25.9 Å². The molecule has 7 heteroatoms. The predicted molar refractivity (Wildman–Crippen MR) is 122 cm³/mol. The lowest BCUT2D eigenvalue weighted by Crippen LogP contribution is -2.31. The molecule has 0 aliphatic carbocycles. The first kappa shape index (κ1) is 23.0. The monoisotopic (exact) mass is 433 g/mol. The van der Waals surface area contributed by atoms with Gasteiger partial charge in [0.25, 0.3) is 5.91 Å². The molecule has 1 aliphatic heterocycles. The Morgan fingerprint density at radius 1 is 1.16 bits per heavy atom. The summed E-state index contributed by atoms with van der Waals surface area (Å²) in [5, 5.41) is 0. The van der Waals surface area contributed by atoms with Crippen LogP contribution >= 0.6 is 0 Å². The van der Waals surface area contributed by atoms with E-state index in [0.29, 0.717) is 24.0 Å². The van der Waals surface area contributed by atoms with E-state index in [1.165, 1.54) is 23.1 Å². The Balaban J connectivity index is 0.00000363. The second kappa shape index (κ2) is 10.1. The third-order valence-electron chi connectivity index (χ3n) is 5.79. The van der Waals surface area contributed by atoms with Crippen molar-refractivity contribution < 1.29 is 19.7 Å². The minimum absolute atomic E-state index is 0. The van der Waals surface area contributed by atoms with Gasteiger partial charge in [-0.2, -0.15) is 0 Å². The van der Waals surface area contributed by atoms with E-state index >= 15 is 0 Å². The molecule has 2 aromatic carbocycles. The van der Waals surface area contributed by atoms with Gasteiger partial charge in [-0.25, -0.2) is 8.78 Å². The van der Waals surface area contributed by atoms with Gasteiger partial charge in [0.15, 0.2) is 11.6 Å². The largest absolute Gasteiger partial charge is 0.491 e. The summed E-state index contributed by atoms with van der Waals surface area (Å²) in [7, 11) is 5.61. The summed E-state index contributed by atoms with van der Waals surface area (Å²) in [5.74, 6) is -1.24. The highest BCUT2D eigenvalue weighted by molar-refractivity contribution is 6.05. The van der Waals surface area contributed by atoms with Crippen LogP contribution in [0.3, 0.4) is 0 Å². The van der Waals surface area contributed by atoms with Gasteiger partial charge in [-0.3, -0.25) is 4.79 Å². The number of hydrogen-bond donors (Lipinski definition) is 0. The highest BCUT2D eigenvalue weighted by Gasteiger charge is 2.26. The smallest absolute Gasteiger partial charge is 0.258 e. The number of carbonyl (C=O) groups is 1. The maximum Gasteiger partial charge on any atom is 0.258 e. The van der Waals surface area contributed by atoms with E-state index in [0.717, 1.165) is 38.4 Å². The SMILES string of the molecule is CCCCOc1ccc(C(=O)N(C)c2ccc(N3CCC(N(C)C)C3)c(F)c2)cc1F.[HH]. The highest BCUT2D eigenvalue weighted by Crippen LogP contribution is 2.29. The average Bonchev–Trinajstić information content (AvgIpc) is 3.24. The fourth-order valence-electron chi connectivity index (χ4n) is 3.73. The van der Waals surface area contributed by atoms with E-state index < -0.39 is 11.7 Å². The molecule has 0 radical (unpaired) electrons. The Bertz CT molecular complexity index is 926. The molecule has 5 nitrogen and oxygen atoms in total. The molecule has 2 aromatic rings. The third kappa shape index (κ3) is 5.34. The molecule has 0 aromatic heterocycles. The molecule has 0 saturated carbocycles. The molecule has 1 atom stereocenters. The Morgan fingerprint density at radius 2 is 1.94 bits per heavy atom. The summed E-state index contributed by atoms with van der Waals surface area (Å²) in [4.78, 5) is 18.3. The van der Waals surface area contributed by atoms with E-state index in [2.05, 4.69) is 4.90 Å². The predicted octanol–water partition coefficient (Wildman–Crippen LogP) is 4.81. The first-order valence-electron chi connectivity index (χ1n) is 10.7. The minimum atomic E-state index is -0.582. The number of likely N-dealkylation sites (N-methyl/N-ethyl adjacent to an activating group) is 1. The van der Waals surface area contributed by atoms with E-state index in [-0.39, 0.29) is 18.6 Å². The summed E-state index contributed by atoms with van der Waals surface area (Å²) in [6.07, 6.45) is 2.76. The van der Waals surface area contributed by atoms with Gasteiger partial charge in [-0.1, -0.05) is 13.3 Å². The van der Waals surface area contributed by atoms with E-state index in [1.54, 1.807) is 19.2 Å². The van der Waals surface area contributed by atoms with Gasteiger partial charge in [0.05, 0.1) is 12.3 Å². The van der Waals surface area contributed by atoms with Crippen molar-refractivity contribution >= 4 is 17.3 Å². The molecule has 1 saturated heterocycles. The van der Waals surface area contributed by atoms with Gasteiger partial charge in [-0.05, 0) is 63.3 Å². The molecular formula is C24H33F2N3O2. The number of rotatable bonds is 8. The van der Waals surface area contributed by atoms with Crippen molar-refractivity contribution in [2.45, 2.75) is 32.2 Å². The fourth-order valence-corrected chi connectivity index (χ4v) is 3.73. The van der Waals surface area contributed by atoms with Gasteiger partial charge >= 0.3 is 0 Å². The van der Waals surface area contributed by atoms with Crippen LogP contribution in [0.4, 0.5) is 20.2 Å². The molecule has 1 aliphatic rings. The molecule has 31 heavy (non-hydrogen) atoms. The van der Waals surface area contributed by atoms with Gasteiger partial charge in [0, 0.05) is 38.9 Å². The van der Waals surface area contributed by atoms with Crippen LogP contribution in [0.25, 0.3) is 0 Å². The lowest BCUT2D eigenvalue weighted by molar-refractivity contribution is 0.0992.